The second-order valence-electron chi connectivity index (χ2n) is 6.08. The van der Waals surface area contributed by atoms with Crippen molar-refractivity contribution in [2.75, 3.05) is 24.5 Å². The zero-order valence-electron chi connectivity index (χ0n) is 14.2. The molecule has 1 aliphatic heterocycles. The van der Waals surface area contributed by atoms with E-state index in [1.165, 1.54) is 12.1 Å². The smallest absolute Gasteiger partial charge is 0.406 e. The highest BCUT2D eigenvalue weighted by Crippen LogP contribution is 2.26. The van der Waals surface area contributed by atoms with E-state index >= 15 is 0 Å². The lowest BCUT2D eigenvalue weighted by Gasteiger charge is -2.34. The Labute approximate surface area is 173 Å². The zero-order valence-corrected chi connectivity index (χ0v) is 16.6. The van der Waals surface area contributed by atoms with Crippen molar-refractivity contribution in [1.82, 2.24) is 5.32 Å². The highest BCUT2D eigenvalue weighted by atomic mass is 35.5. The fourth-order valence-corrected chi connectivity index (χ4v) is 2.92. The molecule has 0 bridgehead atoms. The maximum Gasteiger partial charge on any atom is 0.573 e. The largest absolute Gasteiger partial charge is 0.573 e. The lowest BCUT2D eigenvalue weighted by Crippen LogP contribution is -2.48. The van der Waals surface area contributed by atoms with Crippen LogP contribution in [-0.4, -0.2) is 26.0 Å². The highest BCUT2D eigenvalue weighted by molar-refractivity contribution is 6.30. The van der Waals surface area contributed by atoms with Gasteiger partial charge in [0.1, 0.15) is 5.75 Å². The molecular weight excluding hydrogens is 424 g/mol. The van der Waals surface area contributed by atoms with Crippen LogP contribution in [0, 0.1) is 5.92 Å². The molecule has 3 rings (SSSR count). The normalized spacial score (nSPS) is 13.8. The van der Waals surface area contributed by atoms with Gasteiger partial charge in [0.15, 0.2) is 0 Å². The van der Waals surface area contributed by atoms with Crippen LogP contribution < -0.4 is 15.0 Å². The summed E-state index contributed by atoms with van der Waals surface area (Å²) in [6.45, 7) is 3.38. The Morgan fingerprint density at radius 1 is 1.07 bits per heavy atom. The summed E-state index contributed by atoms with van der Waals surface area (Å²) in [5, 5.41) is 3.90. The molecule has 0 radical (unpaired) electrons. The molecule has 9 heteroatoms. The fourth-order valence-electron chi connectivity index (χ4n) is 2.74. The Morgan fingerprint density at radius 2 is 1.74 bits per heavy atom. The van der Waals surface area contributed by atoms with Crippen molar-refractivity contribution < 1.29 is 17.9 Å². The Morgan fingerprint density at radius 3 is 2.26 bits per heavy atom. The van der Waals surface area contributed by atoms with E-state index in [-0.39, 0.29) is 30.6 Å². The van der Waals surface area contributed by atoms with Gasteiger partial charge in [0.2, 0.25) is 0 Å². The van der Waals surface area contributed by atoms with Gasteiger partial charge in [0.25, 0.3) is 0 Å². The number of ether oxygens (including phenoxy) is 1. The molecule has 150 valence electrons. The quantitative estimate of drug-likeness (QED) is 0.655. The van der Waals surface area contributed by atoms with E-state index in [0.29, 0.717) is 17.5 Å². The van der Waals surface area contributed by atoms with Gasteiger partial charge in [-0.1, -0.05) is 29.8 Å². The first-order valence-corrected chi connectivity index (χ1v) is 8.33. The molecular formula is C18H20Cl3F3N2O. The van der Waals surface area contributed by atoms with Crippen LogP contribution in [0.5, 0.6) is 5.75 Å². The van der Waals surface area contributed by atoms with E-state index in [9.17, 15) is 13.2 Å². The predicted molar refractivity (Wildman–Crippen MR) is 106 cm³/mol. The lowest BCUT2D eigenvalue weighted by atomic mass is 10.0. The van der Waals surface area contributed by atoms with E-state index in [4.69, 9.17) is 11.6 Å². The minimum atomic E-state index is -4.68. The first-order valence-electron chi connectivity index (χ1n) is 7.95. The molecule has 0 aliphatic carbocycles. The van der Waals surface area contributed by atoms with Crippen LogP contribution in [0.25, 0.3) is 0 Å². The molecule has 0 atom stereocenters. The summed E-state index contributed by atoms with van der Waals surface area (Å²) in [7, 11) is 0. The van der Waals surface area contributed by atoms with Crippen molar-refractivity contribution >= 4 is 42.1 Å². The Balaban J connectivity index is 0.00000182. The van der Waals surface area contributed by atoms with Crippen molar-refractivity contribution in [1.29, 1.82) is 0 Å². The van der Waals surface area contributed by atoms with Gasteiger partial charge >= 0.3 is 6.36 Å². The summed E-state index contributed by atoms with van der Waals surface area (Å²) < 4.78 is 40.7. The third kappa shape index (κ3) is 7.30. The summed E-state index contributed by atoms with van der Waals surface area (Å²) in [5.74, 6) is 0.334. The monoisotopic (exact) mass is 442 g/mol. The number of rotatable bonds is 6. The van der Waals surface area contributed by atoms with Crippen LogP contribution in [0.4, 0.5) is 18.9 Å². The molecule has 0 spiro atoms. The molecule has 27 heavy (non-hydrogen) atoms. The molecule has 0 amide bonds. The van der Waals surface area contributed by atoms with Crippen LogP contribution in [0.3, 0.4) is 0 Å². The minimum absolute atomic E-state index is 0. The number of benzene rings is 2. The maximum atomic E-state index is 12.3. The fraction of sp³-hybridized carbons (Fsp3) is 0.333. The number of anilines is 1. The lowest BCUT2D eigenvalue weighted by molar-refractivity contribution is -0.274. The van der Waals surface area contributed by atoms with Gasteiger partial charge in [0, 0.05) is 42.8 Å². The molecule has 2 aromatic carbocycles. The molecule has 0 aromatic heterocycles. The van der Waals surface area contributed by atoms with Crippen LogP contribution >= 0.6 is 36.4 Å². The van der Waals surface area contributed by atoms with E-state index in [0.717, 1.165) is 30.9 Å². The first kappa shape index (κ1) is 23.7. The Bertz CT molecular complexity index is 710. The number of nitrogens with zero attached hydrogens (tertiary/aromatic N) is 1. The molecule has 1 fully saturated rings. The molecule has 1 heterocycles. The Kier molecular flexibility index (Phi) is 9.02. The summed E-state index contributed by atoms with van der Waals surface area (Å²) in [6, 6.07) is 13.6. The summed E-state index contributed by atoms with van der Waals surface area (Å²) in [5.41, 5.74) is 1.90. The zero-order chi connectivity index (χ0) is 17.9. The van der Waals surface area contributed by atoms with Gasteiger partial charge in [-0.05, 0) is 35.9 Å². The van der Waals surface area contributed by atoms with Crippen molar-refractivity contribution in [2.45, 2.75) is 12.9 Å². The maximum absolute atomic E-state index is 12.3. The predicted octanol–water partition coefficient (Wildman–Crippen LogP) is 5.31. The van der Waals surface area contributed by atoms with Crippen LogP contribution in [-0.2, 0) is 6.54 Å². The summed E-state index contributed by atoms with van der Waals surface area (Å²) >= 11 is 6.10. The number of alkyl halides is 3. The standard InChI is InChI=1S/C18H18ClF3N2O.2ClH/c19-15-2-1-3-16(8-15)24(12-14-9-23-10-14)11-13-4-6-17(7-5-13)25-18(20,21)22;;/h1-8,14,23H,9-12H2;2*1H. The molecule has 3 nitrogen and oxygen atoms in total. The topological polar surface area (TPSA) is 24.5 Å². The van der Waals surface area contributed by atoms with Crippen LogP contribution in [0.1, 0.15) is 5.56 Å². The number of halogens is 6. The molecule has 1 N–H and O–H groups in total. The second-order valence-corrected chi connectivity index (χ2v) is 6.51. The molecule has 0 unspecified atom stereocenters. The van der Waals surface area contributed by atoms with Crippen molar-refractivity contribution in [3.05, 3.63) is 59.1 Å². The van der Waals surface area contributed by atoms with Crippen molar-refractivity contribution in [2.24, 2.45) is 5.92 Å². The third-order valence-electron chi connectivity index (χ3n) is 4.05. The average Bonchev–Trinajstić information content (AvgIpc) is 2.50. The van der Waals surface area contributed by atoms with E-state index in [2.05, 4.69) is 15.0 Å². The molecule has 1 saturated heterocycles. The number of nitrogens with one attached hydrogen (secondary N) is 1. The summed E-state index contributed by atoms with van der Waals surface area (Å²) in [4.78, 5) is 2.19. The summed E-state index contributed by atoms with van der Waals surface area (Å²) in [6.07, 6.45) is -4.68. The highest BCUT2D eigenvalue weighted by Gasteiger charge is 2.31. The van der Waals surface area contributed by atoms with Gasteiger partial charge in [-0.2, -0.15) is 0 Å². The third-order valence-corrected chi connectivity index (χ3v) is 4.28. The van der Waals surface area contributed by atoms with E-state index < -0.39 is 6.36 Å². The van der Waals surface area contributed by atoms with Crippen molar-refractivity contribution in [3.63, 3.8) is 0 Å². The SMILES string of the molecule is Cl.Cl.FC(F)(F)Oc1ccc(CN(CC2CNC2)c2cccc(Cl)c2)cc1. The van der Waals surface area contributed by atoms with E-state index in [1.807, 2.05) is 24.3 Å². The van der Waals surface area contributed by atoms with Crippen molar-refractivity contribution in [3.8, 4) is 5.75 Å². The van der Waals surface area contributed by atoms with Crippen LogP contribution in [0.2, 0.25) is 5.02 Å². The van der Waals surface area contributed by atoms with E-state index in [1.54, 1.807) is 12.1 Å². The average molecular weight is 444 g/mol. The van der Waals surface area contributed by atoms with Crippen LogP contribution in [0.15, 0.2) is 48.5 Å². The number of hydrogen-bond donors (Lipinski definition) is 1. The van der Waals surface area contributed by atoms with Gasteiger partial charge in [-0.25, -0.2) is 0 Å². The molecule has 0 saturated carbocycles. The molecule has 1 aliphatic rings. The minimum Gasteiger partial charge on any atom is -0.406 e. The van der Waals surface area contributed by atoms with Gasteiger partial charge < -0.3 is 15.0 Å². The first-order chi connectivity index (χ1) is 11.9. The second kappa shape index (κ2) is 10.3. The number of hydrogen-bond acceptors (Lipinski definition) is 3. The van der Waals surface area contributed by atoms with Gasteiger partial charge in [0.05, 0.1) is 0 Å². The molecule has 2 aromatic rings. The van der Waals surface area contributed by atoms with Gasteiger partial charge in [-0.3, -0.25) is 0 Å². The van der Waals surface area contributed by atoms with Gasteiger partial charge in [-0.15, -0.1) is 38.0 Å². The Hall–Kier alpha value is -1.34.